The van der Waals surface area contributed by atoms with Crippen LogP contribution in [0.25, 0.3) is 0 Å². The first-order chi connectivity index (χ1) is 9.17. The van der Waals surface area contributed by atoms with E-state index in [1.165, 1.54) is 24.2 Å². The first-order valence-electron chi connectivity index (χ1n) is 6.99. The lowest BCUT2D eigenvalue weighted by Gasteiger charge is -2.15. The van der Waals surface area contributed by atoms with Gasteiger partial charge >= 0.3 is 0 Å². The van der Waals surface area contributed by atoms with E-state index in [9.17, 15) is 0 Å². The smallest absolute Gasteiger partial charge is 0.107 e. The van der Waals surface area contributed by atoms with E-state index in [1.54, 1.807) is 11.8 Å². The molecular formula is C15H22N2S2. The number of rotatable bonds is 7. The predicted molar refractivity (Wildman–Crippen MR) is 89.2 cm³/mol. The van der Waals surface area contributed by atoms with Crippen LogP contribution in [0.2, 0.25) is 0 Å². The molecule has 1 aromatic carbocycles. The van der Waals surface area contributed by atoms with E-state index >= 15 is 0 Å². The summed E-state index contributed by atoms with van der Waals surface area (Å²) in [6.45, 7) is 4.39. The molecule has 0 heterocycles. The highest BCUT2D eigenvalue weighted by molar-refractivity contribution is 7.99. The average molecular weight is 294 g/mol. The van der Waals surface area contributed by atoms with Gasteiger partial charge in [-0.05, 0) is 36.6 Å². The van der Waals surface area contributed by atoms with Gasteiger partial charge in [-0.1, -0.05) is 38.6 Å². The average Bonchev–Trinajstić information content (AvgIpc) is 3.08. The Balaban J connectivity index is 2.15. The van der Waals surface area contributed by atoms with Crippen molar-refractivity contribution >= 4 is 34.7 Å². The van der Waals surface area contributed by atoms with Gasteiger partial charge in [-0.15, -0.1) is 11.8 Å². The number of benzene rings is 1. The summed E-state index contributed by atoms with van der Waals surface area (Å²) in [6.07, 6.45) is 3.84. The van der Waals surface area contributed by atoms with Crippen molar-refractivity contribution in [2.75, 3.05) is 11.1 Å². The van der Waals surface area contributed by atoms with Gasteiger partial charge in [-0.25, -0.2) is 0 Å². The summed E-state index contributed by atoms with van der Waals surface area (Å²) < 4.78 is 0. The summed E-state index contributed by atoms with van der Waals surface area (Å²) in [5.41, 5.74) is 8.04. The Hall–Kier alpha value is -0.740. The Morgan fingerprint density at radius 1 is 1.47 bits per heavy atom. The van der Waals surface area contributed by atoms with Crippen LogP contribution in [0.1, 0.15) is 38.7 Å². The minimum Gasteiger partial charge on any atom is -0.389 e. The highest BCUT2D eigenvalue weighted by Gasteiger charge is 2.36. The van der Waals surface area contributed by atoms with Crippen LogP contribution in [-0.2, 0) is 0 Å². The zero-order valence-electron chi connectivity index (χ0n) is 11.6. The van der Waals surface area contributed by atoms with Crippen molar-refractivity contribution in [2.45, 2.75) is 44.0 Å². The van der Waals surface area contributed by atoms with Crippen LogP contribution in [0.3, 0.4) is 0 Å². The molecule has 1 aliphatic carbocycles. The second kappa shape index (κ2) is 6.62. The third kappa shape index (κ3) is 3.63. The maximum atomic E-state index is 5.91. The Kier molecular flexibility index (Phi) is 5.11. The van der Waals surface area contributed by atoms with Crippen LogP contribution < -0.4 is 11.1 Å². The maximum Gasteiger partial charge on any atom is 0.107 e. The molecule has 0 saturated heterocycles. The SMILES string of the molecule is CCCC1CC1Nc1cccc(SCC)c1C(N)=S. The van der Waals surface area contributed by atoms with Gasteiger partial charge in [-0.2, -0.15) is 0 Å². The molecule has 104 valence electrons. The summed E-state index contributed by atoms with van der Waals surface area (Å²) in [6, 6.07) is 6.88. The number of hydrogen-bond acceptors (Lipinski definition) is 3. The summed E-state index contributed by atoms with van der Waals surface area (Å²) in [5.74, 6) is 1.85. The molecule has 1 aliphatic rings. The van der Waals surface area contributed by atoms with Crippen molar-refractivity contribution in [3.63, 3.8) is 0 Å². The Labute approximate surface area is 125 Å². The van der Waals surface area contributed by atoms with Crippen molar-refractivity contribution in [1.29, 1.82) is 0 Å². The number of anilines is 1. The van der Waals surface area contributed by atoms with Crippen molar-refractivity contribution in [1.82, 2.24) is 0 Å². The molecule has 1 saturated carbocycles. The molecule has 3 N–H and O–H groups in total. The van der Waals surface area contributed by atoms with Gasteiger partial charge in [0.1, 0.15) is 4.99 Å². The first-order valence-corrected chi connectivity index (χ1v) is 8.38. The molecule has 2 atom stereocenters. The molecule has 4 heteroatoms. The molecule has 2 rings (SSSR count). The van der Waals surface area contributed by atoms with Gasteiger partial charge in [0.2, 0.25) is 0 Å². The molecule has 1 aromatic rings. The minimum absolute atomic E-state index is 0.492. The summed E-state index contributed by atoms with van der Waals surface area (Å²) >= 11 is 7.03. The van der Waals surface area contributed by atoms with Crippen LogP contribution in [-0.4, -0.2) is 16.8 Å². The molecule has 19 heavy (non-hydrogen) atoms. The first kappa shape index (κ1) is 14.7. The van der Waals surface area contributed by atoms with E-state index < -0.39 is 0 Å². The summed E-state index contributed by atoms with van der Waals surface area (Å²) in [4.78, 5) is 1.68. The third-order valence-corrected chi connectivity index (χ3v) is 4.64. The second-order valence-corrected chi connectivity index (χ2v) is 6.76. The quantitative estimate of drug-likeness (QED) is 0.588. The van der Waals surface area contributed by atoms with Gasteiger partial charge in [0, 0.05) is 22.2 Å². The molecule has 0 bridgehead atoms. The van der Waals surface area contributed by atoms with E-state index in [2.05, 4.69) is 37.4 Å². The van der Waals surface area contributed by atoms with E-state index in [1.807, 2.05) is 0 Å². The fourth-order valence-electron chi connectivity index (χ4n) is 2.50. The monoisotopic (exact) mass is 294 g/mol. The lowest BCUT2D eigenvalue weighted by atomic mass is 10.1. The normalized spacial score (nSPS) is 21.2. The number of thioether (sulfide) groups is 1. The number of nitrogens with one attached hydrogen (secondary N) is 1. The lowest BCUT2D eigenvalue weighted by Crippen LogP contribution is -2.16. The van der Waals surface area contributed by atoms with Crippen molar-refractivity contribution < 1.29 is 0 Å². The number of thiocarbonyl (C=S) groups is 1. The summed E-state index contributed by atoms with van der Waals surface area (Å²) in [7, 11) is 0. The highest BCUT2D eigenvalue weighted by Crippen LogP contribution is 2.39. The fourth-order valence-corrected chi connectivity index (χ4v) is 3.63. The van der Waals surface area contributed by atoms with Crippen LogP contribution in [0.15, 0.2) is 23.1 Å². The van der Waals surface area contributed by atoms with E-state index in [0.29, 0.717) is 11.0 Å². The van der Waals surface area contributed by atoms with E-state index in [0.717, 1.165) is 22.9 Å². The van der Waals surface area contributed by atoms with Crippen LogP contribution in [0, 0.1) is 5.92 Å². The van der Waals surface area contributed by atoms with Gasteiger partial charge in [-0.3, -0.25) is 0 Å². The maximum absolute atomic E-state index is 5.91. The van der Waals surface area contributed by atoms with Crippen LogP contribution in [0.5, 0.6) is 0 Å². The van der Waals surface area contributed by atoms with E-state index in [4.69, 9.17) is 18.0 Å². The Bertz CT molecular complexity index is 459. The van der Waals surface area contributed by atoms with Crippen molar-refractivity contribution in [3.05, 3.63) is 23.8 Å². The minimum atomic E-state index is 0.492. The van der Waals surface area contributed by atoms with Gasteiger partial charge in [0.05, 0.1) is 0 Å². The molecule has 2 unspecified atom stereocenters. The zero-order chi connectivity index (χ0) is 13.8. The van der Waals surface area contributed by atoms with Gasteiger partial charge < -0.3 is 11.1 Å². The van der Waals surface area contributed by atoms with Crippen molar-refractivity contribution in [2.24, 2.45) is 11.7 Å². The van der Waals surface area contributed by atoms with Crippen LogP contribution in [0.4, 0.5) is 5.69 Å². The molecule has 0 spiro atoms. The van der Waals surface area contributed by atoms with E-state index in [-0.39, 0.29) is 0 Å². The Morgan fingerprint density at radius 3 is 2.89 bits per heavy atom. The molecule has 0 radical (unpaired) electrons. The van der Waals surface area contributed by atoms with Crippen molar-refractivity contribution in [3.8, 4) is 0 Å². The third-order valence-electron chi connectivity index (χ3n) is 3.50. The topological polar surface area (TPSA) is 38.0 Å². The lowest BCUT2D eigenvalue weighted by molar-refractivity contribution is 0.693. The molecule has 1 fully saturated rings. The highest BCUT2D eigenvalue weighted by atomic mass is 32.2. The second-order valence-electron chi connectivity index (χ2n) is 5.01. The number of hydrogen-bond donors (Lipinski definition) is 2. The zero-order valence-corrected chi connectivity index (χ0v) is 13.2. The molecule has 0 amide bonds. The predicted octanol–water partition coefficient (Wildman–Crippen LogP) is 4.03. The Morgan fingerprint density at radius 2 is 2.26 bits per heavy atom. The number of nitrogens with two attached hydrogens (primary N) is 1. The standard InChI is InChI=1S/C15H22N2S2/c1-3-6-10-9-12(10)17-11-7-5-8-13(19-4-2)14(11)15(16)18/h5,7-8,10,12,17H,3-4,6,9H2,1-2H3,(H2,16,18). The van der Waals surface area contributed by atoms with Gasteiger partial charge in [0.15, 0.2) is 0 Å². The largest absolute Gasteiger partial charge is 0.389 e. The summed E-state index contributed by atoms with van der Waals surface area (Å²) in [5, 5.41) is 3.62. The molecule has 2 nitrogen and oxygen atoms in total. The molecule has 0 aliphatic heterocycles. The van der Waals surface area contributed by atoms with Gasteiger partial charge in [0.25, 0.3) is 0 Å². The fraction of sp³-hybridized carbons (Fsp3) is 0.533. The van der Waals surface area contributed by atoms with Crippen LogP contribution >= 0.6 is 24.0 Å². The molecule has 0 aromatic heterocycles. The molecular weight excluding hydrogens is 272 g/mol.